The number of ether oxygens (including phenoxy) is 1. The minimum atomic E-state index is -0.777. The van der Waals surface area contributed by atoms with Crippen LogP contribution in [0.4, 0.5) is 5.69 Å². The molecule has 2 aromatic rings. The van der Waals surface area contributed by atoms with E-state index >= 15 is 0 Å². The number of nitro groups is 1. The Morgan fingerprint density at radius 2 is 2.21 bits per heavy atom. The average Bonchev–Trinajstić information content (AvgIpc) is 2.73. The first kappa shape index (κ1) is 13.8. The predicted molar refractivity (Wildman–Crippen MR) is 73.1 cm³/mol. The molecule has 1 heterocycles. The molecule has 0 spiro atoms. The third kappa shape index (κ3) is 3.23. The molecule has 0 aliphatic rings. The van der Waals surface area contributed by atoms with Crippen LogP contribution in [-0.2, 0) is 0 Å². The highest BCUT2D eigenvalue weighted by molar-refractivity contribution is 7.14. The highest BCUT2D eigenvalue weighted by atomic mass is 35.5. The summed E-state index contributed by atoms with van der Waals surface area (Å²) < 4.78 is 5.46. The number of aliphatic hydroxyl groups excluding tert-OH is 1. The topological polar surface area (TPSA) is 72.6 Å². The fourth-order valence-corrected chi connectivity index (χ4v) is 2.54. The summed E-state index contributed by atoms with van der Waals surface area (Å²) in [5.74, 6) is 0.412. The zero-order valence-corrected chi connectivity index (χ0v) is 11.4. The SMILES string of the molecule is C[C@H](O)c1cc([N+](=O)[O-])c(Oc2cccc(Cl)c2)s1. The van der Waals surface area contributed by atoms with Crippen LogP contribution < -0.4 is 4.74 Å². The molecule has 0 bridgehead atoms. The standard InChI is InChI=1S/C12H10ClNO4S/c1-7(15)11-6-10(14(16)17)12(19-11)18-9-4-2-3-8(13)5-9/h2-7,15H,1H3/t7-/m0/s1. The van der Waals surface area contributed by atoms with E-state index in [1.807, 2.05) is 0 Å². The van der Waals surface area contributed by atoms with Crippen molar-refractivity contribution in [1.29, 1.82) is 0 Å². The van der Waals surface area contributed by atoms with Crippen molar-refractivity contribution in [1.82, 2.24) is 0 Å². The average molecular weight is 300 g/mol. The monoisotopic (exact) mass is 299 g/mol. The van der Waals surface area contributed by atoms with Crippen LogP contribution in [0.25, 0.3) is 0 Å². The summed E-state index contributed by atoms with van der Waals surface area (Å²) in [4.78, 5) is 10.9. The molecule has 0 amide bonds. The molecule has 0 aliphatic heterocycles. The van der Waals surface area contributed by atoms with Gasteiger partial charge in [-0.1, -0.05) is 29.0 Å². The molecule has 0 unspecified atom stereocenters. The van der Waals surface area contributed by atoms with Crippen molar-refractivity contribution in [2.45, 2.75) is 13.0 Å². The van der Waals surface area contributed by atoms with Gasteiger partial charge in [0.15, 0.2) is 0 Å². The Bertz CT molecular complexity index is 612. The van der Waals surface area contributed by atoms with Crippen LogP contribution in [0.1, 0.15) is 17.9 Å². The first-order chi connectivity index (χ1) is 8.97. The lowest BCUT2D eigenvalue weighted by molar-refractivity contribution is -0.385. The van der Waals surface area contributed by atoms with E-state index in [-0.39, 0.29) is 10.8 Å². The first-order valence-electron chi connectivity index (χ1n) is 5.37. The number of benzene rings is 1. The summed E-state index contributed by atoms with van der Waals surface area (Å²) in [6, 6.07) is 7.89. The second-order valence-electron chi connectivity index (χ2n) is 3.81. The van der Waals surface area contributed by atoms with Crippen LogP contribution in [0.5, 0.6) is 10.8 Å². The van der Waals surface area contributed by atoms with Crippen molar-refractivity contribution in [2.24, 2.45) is 0 Å². The van der Waals surface area contributed by atoms with Gasteiger partial charge in [-0.3, -0.25) is 10.1 Å². The van der Waals surface area contributed by atoms with E-state index in [9.17, 15) is 15.2 Å². The van der Waals surface area contributed by atoms with E-state index in [1.54, 1.807) is 31.2 Å². The fourth-order valence-electron chi connectivity index (χ4n) is 1.43. The fraction of sp³-hybridized carbons (Fsp3) is 0.167. The Morgan fingerprint density at radius 1 is 1.47 bits per heavy atom. The van der Waals surface area contributed by atoms with E-state index in [2.05, 4.69) is 0 Å². The van der Waals surface area contributed by atoms with Gasteiger partial charge in [-0.15, -0.1) is 0 Å². The van der Waals surface area contributed by atoms with Crippen molar-refractivity contribution in [3.63, 3.8) is 0 Å². The number of hydrogen-bond acceptors (Lipinski definition) is 5. The summed E-state index contributed by atoms with van der Waals surface area (Å²) in [5, 5.41) is 21.0. The molecule has 0 saturated heterocycles. The zero-order chi connectivity index (χ0) is 14.0. The van der Waals surface area contributed by atoms with Crippen LogP contribution in [-0.4, -0.2) is 10.0 Å². The zero-order valence-electron chi connectivity index (χ0n) is 9.87. The van der Waals surface area contributed by atoms with Gasteiger partial charge < -0.3 is 9.84 Å². The normalized spacial score (nSPS) is 12.2. The summed E-state index contributed by atoms with van der Waals surface area (Å²) in [6.45, 7) is 1.54. The van der Waals surface area contributed by atoms with Gasteiger partial charge in [-0.05, 0) is 25.1 Å². The number of nitrogens with zero attached hydrogens (tertiary/aromatic N) is 1. The highest BCUT2D eigenvalue weighted by Gasteiger charge is 2.23. The van der Waals surface area contributed by atoms with Crippen molar-refractivity contribution >= 4 is 28.6 Å². The van der Waals surface area contributed by atoms with Crippen LogP contribution in [0, 0.1) is 10.1 Å². The second kappa shape index (κ2) is 5.56. The Hall–Kier alpha value is -1.63. The summed E-state index contributed by atoms with van der Waals surface area (Å²) in [5.41, 5.74) is -0.166. The van der Waals surface area contributed by atoms with E-state index in [0.29, 0.717) is 15.6 Å². The van der Waals surface area contributed by atoms with Crippen molar-refractivity contribution in [3.8, 4) is 10.8 Å². The van der Waals surface area contributed by atoms with Crippen molar-refractivity contribution in [3.05, 3.63) is 50.3 Å². The molecule has 0 saturated carbocycles. The smallest absolute Gasteiger partial charge is 0.323 e. The molecule has 0 fully saturated rings. The Labute approximate surface area is 118 Å². The van der Waals surface area contributed by atoms with E-state index < -0.39 is 11.0 Å². The molecule has 1 atom stereocenters. The second-order valence-corrected chi connectivity index (χ2v) is 5.30. The number of halogens is 1. The first-order valence-corrected chi connectivity index (χ1v) is 6.56. The van der Waals surface area contributed by atoms with Crippen LogP contribution >= 0.6 is 22.9 Å². The minimum Gasteiger partial charge on any atom is -0.440 e. The van der Waals surface area contributed by atoms with Crippen LogP contribution in [0.3, 0.4) is 0 Å². The summed E-state index contributed by atoms with van der Waals surface area (Å²) in [7, 11) is 0. The Kier molecular flexibility index (Phi) is 4.04. The van der Waals surface area contributed by atoms with Gasteiger partial charge in [0.25, 0.3) is 5.06 Å². The Morgan fingerprint density at radius 3 is 2.79 bits per heavy atom. The summed E-state index contributed by atoms with van der Waals surface area (Å²) >= 11 is 6.86. The molecule has 1 aromatic carbocycles. The largest absolute Gasteiger partial charge is 0.440 e. The van der Waals surface area contributed by atoms with Crippen LogP contribution in [0.15, 0.2) is 30.3 Å². The number of hydrogen-bond donors (Lipinski definition) is 1. The molecule has 19 heavy (non-hydrogen) atoms. The van der Waals surface area contributed by atoms with Gasteiger partial charge in [0.1, 0.15) is 5.75 Å². The molecule has 100 valence electrons. The molecule has 5 nitrogen and oxygen atoms in total. The maximum Gasteiger partial charge on any atom is 0.323 e. The quantitative estimate of drug-likeness (QED) is 0.679. The highest BCUT2D eigenvalue weighted by Crippen LogP contribution is 2.42. The summed E-state index contributed by atoms with van der Waals surface area (Å²) in [6.07, 6.45) is -0.777. The van der Waals surface area contributed by atoms with E-state index in [1.165, 1.54) is 6.07 Å². The van der Waals surface area contributed by atoms with E-state index in [0.717, 1.165) is 11.3 Å². The molecule has 0 radical (unpaired) electrons. The molecule has 7 heteroatoms. The molecular weight excluding hydrogens is 290 g/mol. The maximum absolute atomic E-state index is 10.9. The van der Waals surface area contributed by atoms with Gasteiger partial charge in [-0.25, -0.2) is 0 Å². The number of thiophene rings is 1. The van der Waals surface area contributed by atoms with Gasteiger partial charge >= 0.3 is 5.69 Å². The lowest BCUT2D eigenvalue weighted by Crippen LogP contribution is -1.89. The minimum absolute atomic E-state index is 0.128. The number of aliphatic hydroxyl groups is 1. The third-order valence-electron chi connectivity index (χ3n) is 2.31. The van der Waals surface area contributed by atoms with Gasteiger partial charge in [-0.2, -0.15) is 0 Å². The third-order valence-corrected chi connectivity index (χ3v) is 3.72. The lowest BCUT2D eigenvalue weighted by atomic mass is 10.3. The molecule has 1 aromatic heterocycles. The van der Waals surface area contributed by atoms with Gasteiger partial charge in [0, 0.05) is 16.0 Å². The van der Waals surface area contributed by atoms with Crippen LogP contribution in [0.2, 0.25) is 5.02 Å². The predicted octanol–water partition coefficient (Wildman–Crippen LogP) is 4.16. The van der Waals surface area contributed by atoms with E-state index in [4.69, 9.17) is 16.3 Å². The molecular formula is C12H10ClNO4S. The number of rotatable bonds is 4. The van der Waals surface area contributed by atoms with Gasteiger partial charge in [0.05, 0.1) is 11.0 Å². The Balaban J connectivity index is 2.36. The maximum atomic E-state index is 10.9. The van der Waals surface area contributed by atoms with Gasteiger partial charge in [0.2, 0.25) is 0 Å². The molecule has 2 rings (SSSR count). The lowest BCUT2D eigenvalue weighted by Gasteiger charge is -2.02. The molecule has 1 N–H and O–H groups in total. The van der Waals surface area contributed by atoms with Crippen molar-refractivity contribution in [2.75, 3.05) is 0 Å². The molecule has 0 aliphatic carbocycles. The van der Waals surface area contributed by atoms with Crippen molar-refractivity contribution < 1.29 is 14.8 Å².